The van der Waals surface area contributed by atoms with Crippen LogP contribution in [-0.4, -0.2) is 59.1 Å². The summed E-state index contributed by atoms with van der Waals surface area (Å²) in [4.78, 5) is 21.1. The lowest BCUT2D eigenvalue weighted by molar-refractivity contribution is 0.0634. The summed E-state index contributed by atoms with van der Waals surface area (Å²) in [5.41, 5.74) is 2.12. The van der Waals surface area contributed by atoms with Gasteiger partial charge < -0.3 is 14.2 Å². The van der Waals surface area contributed by atoms with Gasteiger partial charge in [-0.3, -0.25) is 9.69 Å². The smallest absolute Gasteiger partial charge is 0.259 e. The van der Waals surface area contributed by atoms with Crippen molar-refractivity contribution in [1.82, 2.24) is 19.9 Å². The van der Waals surface area contributed by atoms with Crippen molar-refractivity contribution in [3.05, 3.63) is 52.8 Å². The summed E-state index contributed by atoms with van der Waals surface area (Å²) in [6.07, 6.45) is 3.40. The molecule has 0 radical (unpaired) electrons. The maximum Gasteiger partial charge on any atom is 0.259 e. The zero-order chi connectivity index (χ0) is 20.4. The molecule has 1 saturated heterocycles. The molecule has 1 amide bonds. The van der Waals surface area contributed by atoms with Gasteiger partial charge in [-0.25, -0.2) is 4.98 Å². The number of rotatable bonds is 5. The fourth-order valence-electron chi connectivity index (χ4n) is 3.84. The largest absolute Gasteiger partial charge is 0.480 e. The third kappa shape index (κ3) is 4.06. The van der Waals surface area contributed by atoms with Gasteiger partial charge in [-0.05, 0) is 50.2 Å². The molecule has 2 aromatic heterocycles. The molecule has 0 atom stereocenters. The van der Waals surface area contributed by atoms with E-state index in [1.807, 2.05) is 17.0 Å². The Morgan fingerprint density at radius 3 is 2.90 bits per heavy atom. The Morgan fingerprint density at radius 1 is 1.34 bits per heavy atom. The molecule has 1 aliphatic rings. The van der Waals surface area contributed by atoms with Gasteiger partial charge in [0.15, 0.2) is 5.58 Å². The number of halogens is 1. The lowest BCUT2D eigenvalue weighted by Crippen LogP contribution is -2.45. The summed E-state index contributed by atoms with van der Waals surface area (Å²) < 4.78 is 10.6. The molecule has 0 bridgehead atoms. The number of nitrogens with zero attached hydrogens (tertiary/aromatic N) is 4. The van der Waals surface area contributed by atoms with Gasteiger partial charge in [-0.1, -0.05) is 16.8 Å². The van der Waals surface area contributed by atoms with Crippen LogP contribution >= 0.6 is 11.6 Å². The Morgan fingerprint density at radius 2 is 2.14 bits per heavy atom. The molecule has 0 spiro atoms. The van der Waals surface area contributed by atoms with E-state index in [0.717, 1.165) is 29.5 Å². The minimum Gasteiger partial charge on any atom is -0.480 e. The van der Waals surface area contributed by atoms with Gasteiger partial charge in [0.2, 0.25) is 5.88 Å². The van der Waals surface area contributed by atoms with Crippen molar-refractivity contribution in [1.29, 1.82) is 0 Å². The van der Waals surface area contributed by atoms with Crippen LogP contribution in [0.15, 0.2) is 41.1 Å². The quantitative estimate of drug-likeness (QED) is 0.635. The predicted octanol–water partition coefficient (Wildman–Crippen LogP) is 3.62. The van der Waals surface area contributed by atoms with Crippen LogP contribution in [0.2, 0.25) is 5.02 Å². The van der Waals surface area contributed by atoms with Gasteiger partial charge in [0.05, 0.1) is 7.11 Å². The normalized spacial score (nSPS) is 15.2. The highest BCUT2D eigenvalue weighted by Crippen LogP contribution is 2.26. The molecule has 3 heterocycles. The summed E-state index contributed by atoms with van der Waals surface area (Å²) in [6.45, 7) is 2.05. The van der Waals surface area contributed by atoms with Crippen molar-refractivity contribution in [3.63, 3.8) is 0 Å². The monoisotopic (exact) mass is 414 g/mol. The van der Waals surface area contributed by atoms with Crippen molar-refractivity contribution in [2.24, 2.45) is 0 Å². The van der Waals surface area contributed by atoms with Crippen molar-refractivity contribution >= 4 is 28.5 Å². The molecule has 1 fully saturated rings. The number of hydrogen-bond donors (Lipinski definition) is 0. The Kier molecular flexibility index (Phi) is 5.69. The number of ether oxygens (including phenoxy) is 1. The van der Waals surface area contributed by atoms with Gasteiger partial charge >= 0.3 is 0 Å². The average molecular weight is 415 g/mol. The molecule has 152 valence electrons. The van der Waals surface area contributed by atoms with Gasteiger partial charge in [-0.15, -0.1) is 0 Å². The topological polar surface area (TPSA) is 71.7 Å². The van der Waals surface area contributed by atoms with Crippen LogP contribution in [0.25, 0.3) is 11.0 Å². The SMILES string of the molecule is COc1ncccc1C(=O)N1CCC(N(C)Cc2noc3ccc(Cl)cc23)CC1. The second kappa shape index (κ2) is 8.39. The Balaban J connectivity index is 1.39. The molecule has 0 unspecified atom stereocenters. The Labute approximate surface area is 174 Å². The summed E-state index contributed by atoms with van der Waals surface area (Å²) in [5.74, 6) is 0.335. The molecule has 1 aliphatic heterocycles. The number of piperidine rings is 1. The number of fused-ring (bicyclic) bond motifs is 1. The van der Waals surface area contributed by atoms with E-state index in [0.29, 0.717) is 42.1 Å². The molecule has 8 heteroatoms. The second-order valence-corrected chi connectivity index (χ2v) is 7.70. The van der Waals surface area contributed by atoms with E-state index < -0.39 is 0 Å². The van der Waals surface area contributed by atoms with Crippen molar-refractivity contribution in [3.8, 4) is 5.88 Å². The number of aromatic nitrogens is 2. The van der Waals surface area contributed by atoms with Gasteiger partial charge in [0.25, 0.3) is 5.91 Å². The molecule has 0 aliphatic carbocycles. The highest BCUT2D eigenvalue weighted by Gasteiger charge is 2.28. The van der Waals surface area contributed by atoms with Crippen molar-refractivity contribution in [2.45, 2.75) is 25.4 Å². The number of methoxy groups -OCH3 is 1. The minimum absolute atomic E-state index is 0.0341. The molecule has 7 nitrogen and oxygen atoms in total. The van der Waals surface area contributed by atoms with E-state index in [1.165, 1.54) is 7.11 Å². The van der Waals surface area contributed by atoms with Crippen LogP contribution in [-0.2, 0) is 6.54 Å². The van der Waals surface area contributed by atoms with Crippen molar-refractivity contribution in [2.75, 3.05) is 27.2 Å². The molecule has 1 aromatic carbocycles. The second-order valence-electron chi connectivity index (χ2n) is 7.27. The van der Waals surface area contributed by atoms with Crippen LogP contribution in [0.5, 0.6) is 5.88 Å². The highest BCUT2D eigenvalue weighted by atomic mass is 35.5. The Hall–Kier alpha value is -2.64. The maximum absolute atomic E-state index is 12.8. The van der Waals surface area contributed by atoms with Gasteiger partial charge in [0.1, 0.15) is 11.3 Å². The molecular formula is C21H23ClN4O3. The van der Waals surface area contributed by atoms with E-state index in [4.69, 9.17) is 20.9 Å². The van der Waals surface area contributed by atoms with Crippen LogP contribution in [0.1, 0.15) is 28.9 Å². The fourth-order valence-corrected chi connectivity index (χ4v) is 4.01. The number of hydrogen-bond acceptors (Lipinski definition) is 6. The van der Waals surface area contributed by atoms with E-state index in [2.05, 4.69) is 22.1 Å². The average Bonchev–Trinajstić information content (AvgIpc) is 3.15. The number of amides is 1. The van der Waals surface area contributed by atoms with Crippen molar-refractivity contribution < 1.29 is 14.1 Å². The molecule has 29 heavy (non-hydrogen) atoms. The summed E-state index contributed by atoms with van der Waals surface area (Å²) in [6, 6.07) is 9.40. The molecule has 4 rings (SSSR count). The third-order valence-electron chi connectivity index (χ3n) is 5.48. The predicted molar refractivity (Wildman–Crippen MR) is 110 cm³/mol. The summed E-state index contributed by atoms with van der Waals surface area (Å²) in [7, 11) is 3.61. The summed E-state index contributed by atoms with van der Waals surface area (Å²) >= 11 is 6.12. The first kappa shape index (κ1) is 19.7. The van der Waals surface area contributed by atoms with Crippen LogP contribution in [0.4, 0.5) is 0 Å². The Bertz CT molecular complexity index is 1010. The molecule has 3 aromatic rings. The third-order valence-corrected chi connectivity index (χ3v) is 5.71. The highest BCUT2D eigenvalue weighted by molar-refractivity contribution is 6.31. The zero-order valence-electron chi connectivity index (χ0n) is 16.5. The number of pyridine rings is 1. The standard InChI is InChI=1S/C21H23ClN4O3/c1-25(13-18-17-12-14(22)5-6-19(17)29-24-18)15-7-10-26(11-8-15)21(27)16-4-3-9-23-20(16)28-2/h3-6,9,12,15H,7-8,10-11,13H2,1-2H3. The lowest BCUT2D eigenvalue weighted by atomic mass is 10.0. The first-order valence-corrected chi connectivity index (χ1v) is 9.97. The minimum atomic E-state index is -0.0341. The first-order chi connectivity index (χ1) is 14.1. The van der Waals surface area contributed by atoms with E-state index in [-0.39, 0.29) is 5.91 Å². The van der Waals surface area contributed by atoms with E-state index >= 15 is 0 Å². The van der Waals surface area contributed by atoms with Crippen LogP contribution in [0, 0.1) is 0 Å². The van der Waals surface area contributed by atoms with Crippen LogP contribution < -0.4 is 4.74 Å². The van der Waals surface area contributed by atoms with Gasteiger partial charge in [0, 0.05) is 42.3 Å². The fraction of sp³-hybridized carbons (Fsp3) is 0.381. The van der Waals surface area contributed by atoms with Crippen LogP contribution in [0.3, 0.4) is 0 Å². The number of likely N-dealkylation sites (tertiary alicyclic amines) is 1. The lowest BCUT2D eigenvalue weighted by Gasteiger charge is -2.36. The zero-order valence-corrected chi connectivity index (χ0v) is 17.2. The number of benzene rings is 1. The van der Waals surface area contributed by atoms with Gasteiger partial charge in [-0.2, -0.15) is 0 Å². The van der Waals surface area contributed by atoms with E-state index in [9.17, 15) is 4.79 Å². The number of carbonyl (C=O) groups is 1. The van der Waals surface area contributed by atoms with E-state index in [1.54, 1.807) is 24.4 Å². The summed E-state index contributed by atoms with van der Waals surface area (Å²) in [5, 5.41) is 5.83. The molecular weight excluding hydrogens is 392 g/mol. The molecule has 0 saturated carbocycles. The number of carbonyl (C=O) groups excluding carboxylic acids is 1. The first-order valence-electron chi connectivity index (χ1n) is 9.59. The maximum atomic E-state index is 12.8. The molecule has 0 N–H and O–H groups in total.